The zero-order valence-electron chi connectivity index (χ0n) is 28.5. The van der Waals surface area contributed by atoms with Crippen molar-refractivity contribution in [3.05, 3.63) is 36.5 Å². The smallest absolute Gasteiger partial charge is 0.462 e. The molecule has 1 atom stereocenters. The van der Waals surface area contributed by atoms with Crippen LogP contribution < -0.4 is 0 Å². The molecular formula is C36H65O8P. The maximum absolute atomic E-state index is 12.3. The van der Waals surface area contributed by atoms with E-state index in [0.29, 0.717) is 12.8 Å². The molecule has 0 aromatic carbocycles. The summed E-state index contributed by atoms with van der Waals surface area (Å²) in [7, 11) is -4.75. The third-order valence-corrected chi connectivity index (χ3v) is 7.85. The van der Waals surface area contributed by atoms with E-state index in [-0.39, 0.29) is 19.4 Å². The van der Waals surface area contributed by atoms with Crippen LogP contribution in [0.4, 0.5) is 0 Å². The number of phosphoric acid groups is 1. The number of phosphoric ester groups is 1. The van der Waals surface area contributed by atoms with E-state index in [2.05, 4.69) is 54.8 Å². The van der Waals surface area contributed by atoms with E-state index in [1.165, 1.54) is 51.4 Å². The molecule has 0 amide bonds. The van der Waals surface area contributed by atoms with Crippen LogP contribution in [0, 0.1) is 0 Å². The van der Waals surface area contributed by atoms with Gasteiger partial charge in [0.2, 0.25) is 0 Å². The van der Waals surface area contributed by atoms with E-state index in [9.17, 15) is 14.2 Å². The Hall–Kier alpha value is -1.73. The van der Waals surface area contributed by atoms with Crippen molar-refractivity contribution in [3.8, 4) is 0 Å². The van der Waals surface area contributed by atoms with Crippen molar-refractivity contribution in [1.82, 2.24) is 0 Å². The van der Waals surface area contributed by atoms with E-state index in [1.54, 1.807) is 0 Å². The molecule has 0 aliphatic rings. The van der Waals surface area contributed by atoms with Crippen molar-refractivity contribution < 1.29 is 37.9 Å². The van der Waals surface area contributed by atoms with Gasteiger partial charge in [0.1, 0.15) is 6.61 Å². The van der Waals surface area contributed by atoms with Gasteiger partial charge in [-0.05, 0) is 64.2 Å². The normalized spacial score (nSPS) is 12.9. The first-order chi connectivity index (χ1) is 21.8. The Morgan fingerprint density at radius 2 is 1.04 bits per heavy atom. The molecule has 0 fully saturated rings. The highest BCUT2D eigenvalue weighted by Gasteiger charge is 2.22. The lowest BCUT2D eigenvalue weighted by Crippen LogP contribution is -2.29. The van der Waals surface area contributed by atoms with E-state index in [0.717, 1.165) is 70.6 Å². The zero-order valence-corrected chi connectivity index (χ0v) is 29.4. The molecule has 0 radical (unpaired) electrons. The van der Waals surface area contributed by atoms with Gasteiger partial charge >= 0.3 is 19.8 Å². The van der Waals surface area contributed by atoms with Crippen LogP contribution in [0.3, 0.4) is 0 Å². The molecule has 262 valence electrons. The van der Waals surface area contributed by atoms with Crippen molar-refractivity contribution in [2.75, 3.05) is 13.2 Å². The number of allylic oxidation sites excluding steroid dienone is 6. The lowest BCUT2D eigenvalue weighted by Gasteiger charge is -2.18. The zero-order chi connectivity index (χ0) is 33.3. The van der Waals surface area contributed by atoms with Crippen LogP contribution in [0.5, 0.6) is 0 Å². The predicted octanol–water partition coefficient (Wildman–Crippen LogP) is 10.2. The fraction of sp³-hybridized carbons (Fsp3) is 0.778. The number of esters is 2. The lowest BCUT2D eigenvalue weighted by atomic mass is 10.1. The van der Waals surface area contributed by atoms with Crippen molar-refractivity contribution in [2.24, 2.45) is 0 Å². The Balaban J connectivity index is 3.99. The van der Waals surface area contributed by atoms with Gasteiger partial charge in [-0.15, -0.1) is 0 Å². The van der Waals surface area contributed by atoms with Crippen LogP contribution in [-0.2, 0) is 28.2 Å². The predicted molar refractivity (Wildman–Crippen MR) is 184 cm³/mol. The Morgan fingerprint density at radius 1 is 0.578 bits per heavy atom. The van der Waals surface area contributed by atoms with Crippen LogP contribution in [0.15, 0.2) is 36.5 Å². The monoisotopic (exact) mass is 656 g/mol. The van der Waals surface area contributed by atoms with Gasteiger partial charge in [0.05, 0.1) is 6.61 Å². The minimum Gasteiger partial charge on any atom is -0.462 e. The van der Waals surface area contributed by atoms with Crippen molar-refractivity contribution in [2.45, 2.75) is 168 Å². The van der Waals surface area contributed by atoms with Crippen LogP contribution in [0.2, 0.25) is 0 Å². The van der Waals surface area contributed by atoms with Crippen molar-refractivity contribution in [1.29, 1.82) is 0 Å². The summed E-state index contributed by atoms with van der Waals surface area (Å²) in [4.78, 5) is 42.5. The largest absolute Gasteiger partial charge is 0.469 e. The average Bonchev–Trinajstić information content (AvgIpc) is 3.00. The molecule has 0 aromatic heterocycles. The quantitative estimate of drug-likeness (QED) is 0.0318. The third-order valence-electron chi connectivity index (χ3n) is 7.36. The van der Waals surface area contributed by atoms with E-state index in [1.807, 2.05) is 0 Å². The minimum absolute atomic E-state index is 0.201. The Kier molecular flexibility index (Phi) is 31.0. The molecule has 8 nitrogen and oxygen atoms in total. The molecule has 1 unspecified atom stereocenters. The average molecular weight is 657 g/mol. The summed E-state index contributed by atoms with van der Waals surface area (Å²) < 4.78 is 26.2. The van der Waals surface area contributed by atoms with Gasteiger partial charge in [-0.2, -0.15) is 0 Å². The van der Waals surface area contributed by atoms with Gasteiger partial charge in [0, 0.05) is 12.8 Å². The second-order valence-corrected chi connectivity index (χ2v) is 13.1. The summed E-state index contributed by atoms with van der Waals surface area (Å²) in [6.07, 6.45) is 35.8. The highest BCUT2D eigenvalue weighted by molar-refractivity contribution is 7.46. The van der Waals surface area contributed by atoms with Crippen LogP contribution in [-0.4, -0.2) is 41.0 Å². The van der Waals surface area contributed by atoms with Gasteiger partial charge < -0.3 is 19.3 Å². The summed E-state index contributed by atoms with van der Waals surface area (Å²) in [5.74, 6) is -0.909. The van der Waals surface area contributed by atoms with Crippen LogP contribution >= 0.6 is 7.82 Å². The molecule has 2 N–H and O–H groups in total. The third kappa shape index (κ3) is 35.0. The number of hydrogen-bond acceptors (Lipinski definition) is 6. The molecule has 0 bridgehead atoms. The first-order valence-electron chi connectivity index (χ1n) is 17.8. The molecule has 0 spiro atoms. The molecular weight excluding hydrogens is 591 g/mol. The van der Waals surface area contributed by atoms with Gasteiger partial charge in [0.25, 0.3) is 0 Å². The van der Waals surface area contributed by atoms with E-state index < -0.39 is 32.5 Å². The van der Waals surface area contributed by atoms with Gasteiger partial charge in [-0.1, -0.05) is 121 Å². The Bertz CT molecular complexity index is 833. The standard InChI is InChI=1S/C36H65O8P/c1-3-5-7-9-11-13-15-16-17-18-19-20-21-23-25-27-29-31-36(38)44-34(33-43-45(39,40)41)32-42-35(37)30-28-26-24-22-14-12-10-8-6-4-2/h8,10-11,13,16-17,34H,3-7,9,12,14-15,18-33H2,1-2H3,(H2,39,40,41)/b10-8-,13-11-,17-16-. The molecule has 0 saturated carbocycles. The molecule has 45 heavy (non-hydrogen) atoms. The number of ether oxygens (including phenoxy) is 2. The second kappa shape index (κ2) is 32.2. The van der Waals surface area contributed by atoms with Crippen molar-refractivity contribution in [3.63, 3.8) is 0 Å². The molecule has 0 rings (SSSR count). The highest BCUT2D eigenvalue weighted by Crippen LogP contribution is 2.36. The number of unbranched alkanes of at least 4 members (excludes halogenated alkanes) is 16. The topological polar surface area (TPSA) is 119 Å². The fourth-order valence-corrected chi connectivity index (χ4v) is 5.06. The lowest BCUT2D eigenvalue weighted by molar-refractivity contribution is -0.161. The summed E-state index contributed by atoms with van der Waals surface area (Å²) >= 11 is 0. The second-order valence-electron chi connectivity index (χ2n) is 11.8. The summed E-state index contributed by atoms with van der Waals surface area (Å²) in [5, 5.41) is 0. The number of carbonyl (C=O) groups excluding carboxylic acids is 2. The maximum atomic E-state index is 12.3. The summed E-state index contributed by atoms with van der Waals surface area (Å²) in [5.41, 5.74) is 0. The minimum atomic E-state index is -4.75. The van der Waals surface area contributed by atoms with Gasteiger partial charge in [0.15, 0.2) is 6.10 Å². The van der Waals surface area contributed by atoms with Gasteiger partial charge in [-0.3, -0.25) is 14.1 Å². The van der Waals surface area contributed by atoms with Gasteiger partial charge in [-0.25, -0.2) is 4.57 Å². The Labute approximate surface area is 274 Å². The summed E-state index contributed by atoms with van der Waals surface area (Å²) in [6, 6.07) is 0. The first kappa shape index (κ1) is 43.3. The number of carbonyl (C=O) groups is 2. The highest BCUT2D eigenvalue weighted by atomic mass is 31.2. The van der Waals surface area contributed by atoms with E-state index in [4.69, 9.17) is 19.3 Å². The Morgan fingerprint density at radius 3 is 1.58 bits per heavy atom. The van der Waals surface area contributed by atoms with Crippen LogP contribution in [0.25, 0.3) is 0 Å². The molecule has 0 heterocycles. The number of rotatable bonds is 32. The van der Waals surface area contributed by atoms with Crippen molar-refractivity contribution >= 4 is 19.8 Å². The molecule has 9 heteroatoms. The molecule has 0 aliphatic heterocycles. The SMILES string of the molecule is CCC/C=C\CCCCCCCC(=O)OCC(COP(=O)(O)O)OC(=O)CCCCCCCCC/C=C\C/C=C\CCCCC. The maximum Gasteiger partial charge on any atom is 0.469 e. The number of hydrogen-bond donors (Lipinski definition) is 2. The van der Waals surface area contributed by atoms with Crippen LogP contribution in [0.1, 0.15) is 162 Å². The van der Waals surface area contributed by atoms with E-state index >= 15 is 0 Å². The molecule has 0 aromatic rings. The molecule has 0 aliphatic carbocycles. The molecule has 0 saturated heterocycles. The summed E-state index contributed by atoms with van der Waals surface area (Å²) in [6.45, 7) is 3.56. The first-order valence-corrected chi connectivity index (χ1v) is 19.3. The fourth-order valence-electron chi connectivity index (χ4n) is 4.70.